The van der Waals surface area contributed by atoms with Gasteiger partial charge >= 0.3 is 6.18 Å². The van der Waals surface area contributed by atoms with Crippen molar-refractivity contribution >= 4 is 5.91 Å². The Balaban J connectivity index is 1.97. The molecule has 1 aliphatic heterocycles. The molecule has 2 N–H and O–H groups in total. The first-order valence-electron chi connectivity index (χ1n) is 7.47. The molecule has 4 nitrogen and oxygen atoms in total. The topological polar surface area (TPSA) is 52.6 Å². The summed E-state index contributed by atoms with van der Waals surface area (Å²) in [5, 5.41) is 12.5. The van der Waals surface area contributed by atoms with Gasteiger partial charge in [0, 0.05) is 19.1 Å². The van der Waals surface area contributed by atoms with Gasteiger partial charge in [-0.2, -0.15) is 13.2 Å². The molecule has 2 fully saturated rings. The van der Waals surface area contributed by atoms with Gasteiger partial charge < -0.3 is 10.4 Å². The number of halogens is 3. The number of aliphatic hydroxyl groups excluding tert-OH is 1. The largest absolute Gasteiger partial charge is 0.403 e. The first-order valence-corrected chi connectivity index (χ1v) is 7.47. The summed E-state index contributed by atoms with van der Waals surface area (Å²) in [5.41, 5.74) is -2.23. The molecule has 0 aromatic rings. The minimum absolute atomic E-state index is 0.150. The Hall–Kier alpha value is -0.820. The molecule has 0 aromatic carbocycles. The van der Waals surface area contributed by atoms with E-state index in [0.29, 0.717) is 25.9 Å². The number of rotatable bonds is 3. The summed E-state index contributed by atoms with van der Waals surface area (Å²) in [6.07, 6.45) is -4.75. The third kappa shape index (κ3) is 3.04. The number of amides is 1. The number of carbonyl (C=O) groups is 1. The highest BCUT2D eigenvalue weighted by Gasteiger charge is 2.63. The Kier molecular flexibility index (Phi) is 4.54. The van der Waals surface area contributed by atoms with Crippen LogP contribution in [0.2, 0.25) is 0 Å². The zero-order valence-corrected chi connectivity index (χ0v) is 12.4. The molecule has 21 heavy (non-hydrogen) atoms. The Morgan fingerprint density at radius 1 is 1.38 bits per heavy atom. The fraction of sp³-hybridized carbons (Fsp3) is 0.929. The Labute approximate surface area is 122 Å². The van der Waals surface area contributed by atoms with E-state index in [1.54, 1.807) is 0 Å². The summed E-state index contributed by atoms with van der Waals surface area (Å²) >= 11 is 0. The third-order valence-corrected chi connectivity index (χ3v) is 4.84. The quantitative estimate of drug-likeness (QED) is 0.834. The Morgan fingerprint density at radius 2 is 2.00 bits per heavy atom. The van der Waals surface area contributed by atoms with Gasteiger partial charge in [0.25, 0.3) is 0 Å². The first-order chi connectivity index (χ1) is 9.67. The predicted octanol–water partition coefficient (Wildman–Crippen LogP) is 1.68. The standard InChI is InChI=1S/C14H23F3N2O2/c1-9(2)19-7-4-10(11(20)8-19)18-12(21)13(5-3-6-13)14(15,16)17/h9-11,20H,3-8H2,1-2H3,(H,18,21). The lowest BCUT2D eigenvalue weighted by Crippen LogP contribution is -2.61. The summed E-state index contributed by atoms with van der Waals surface area (Å²) in [5.74, 6) is -0.969. The smallest absolute Gasteiger partial charge is 0.390 e. The average molecular weight is 308 g/mol. The maximum absolute atomic E-state index is 13.1. The van der Waals surface area contributed by atoms with Gasteiger partial charge in [0.05, 0.1) is 12.1 Å². The zero-order chi connectivity index (χ0) is 15.8. The minimum Gasteiger partial charge on any atom is -0.390 e. The molecule has 1 heterocycles. The predicted molar refractivity (Wildman–Crippen MR) is 71.6 cm³/mol. The molecule has 1 saturated carbocycles. The molecule has 122 valence electrons. The maximum atomic E-state index is 13.1. The molecular formula is C14H23F3N2O2. The van der Waals surface area contributed by atoms with Crippen molar-refractivity contribution in [1.82, 2.24) is 10.2 Å². The van der Waals surface area contributed by atoms with Gasteiger partial charge in [0.1, 0.15) is 5.41 Å². The van der Waals surface area contributed by atoms with Crippen LogP contribution in [0.25, 0.3) is 0 Å². The Bertz CT molecular complexity index is 394. The molecule has 7 heteroatoms. The molecule has 2 aliphatic rings. The van der Waals surface area contributed by atoms with E-state index in [0.717, 1.165) is 0 Å². The normalized spacial score (nSPS) is 30.0. The number of likely N-dealkylation sites (tertiary alicyclic amines) is 1. The van der Waals surface area contributed by atoms with Crippen LogP contribution in [-0.2, 0) is 4.79 Å². The lowest BCUT2D eigenvalue weighted by molar-refractivity contribution is -0.243. The number of carbonyl (C=O) groups excluding carboxylic acids is 1. The van der Waals surface area contributed by atoms with Gasteiger partial charge in [0.2, 0.25) is 5.91 Å². The fourth-order valence-electron chi connectivity index (χ4n) is 3.07. The molecule has 2 atom stereocenters. The molecular weight excluding hydrogens is 285 g/mol. The summed E-state index contributed by atoms with van der Waals surface area (Å²) in [6, 6.07) is -0.322. The second kappa shape index (κ2) is 5.76. The van der Waals surface area contributed by atoms with E-state index >= 15 is 0 Å². The van der Waals surface area contributed by atoms with E-state index in [1.165, 1.54) is 0 Å². The van der Waals surface area contributed by atoms with Gasteiger partial charge in [-0.15, -0.1) is 0 Å². The van der Waals surface area contributed by atoms with Crippen molar-refractivity contribution in [3.8, 4) is 0 Å². The second-order valence-corrected chi connectivity index (χ2v) is 6.46. The van der Waals surface area contributed by atoms with E-state index in [4.69, 9.17) is 0 Å². The summed E-state index contributed by atoms with van der Waals surface area (Å²) in [4.78, 5) is 14.1. The van der Waals surface area contributed by atoms with Crippen LogP contribution in [0.4, 0.5) is 13.2 Å². The van der Waals surface area contributed by atoms with Crippen molar-refractivity contribution in [3.63, 3.8) is 0 Å². The number of hydrogen-bond donors (Lipinski definition) is 2. The highest BCUT2D eigenvalue weighted by molar-refractivity contribution is 5.84. The molecule has 1 aliphatic carbocycles. The molecule has 2 rings (SSSR count). The molecule has 1 saturated heterocycles. The SMILES string of the molecule is CC(C)N1CCC(NC(=O)C2(C(F)(F)F)CCC2)C(O)C1. The van der Waals surface area contributed by atoms with Crippen molar-refractivity contribution in [3.05, 3.63) is 0 Å². The van der Waals surface area contributed by atoms with E-state index in [2.05, 4.69) is 10.2 Å². The molecule has 1 amide bonds. The van der Waals surface area contributed by atoms with Crippen LogP contribution >= 0.6 is 0 Å². The number of piperidine rings is 1. The Morgan fingerprint density at radius 3 is 2.38 bits per heavy atom. The van der Waals surface area contributed by atoms with Crippen LogP contribution in [0, 0.1) is 5.41 Å². The van der Waals surface area contributed by atoms with Gasteiger partial charge in [-0.1, -0.05) is 6.42 Å². The van der Waals surface area contributed by atoms with E-state index in [9.17, 15) is 23.1 Å². The van der Waals surface area contributed by atoms with Crippen LogP contribution in [-0.4, -0.2) is 53.4 Å². The lowest BCUT2D eigenvalue weighted by atomic mass is 9.67. The van der Waals surface area contributed by atoms with Crippen molar-refractivity contribution in [2.75, 3.05) is 13.1 Å². The van der Waals surface area contributed by atoms with E-state index < -0.39 is 29.6 Å². The van der Waals surface area contributed by atoms with Gasteiger partial charge in [-0.3, -0.25) is 9.69 Å². The van der Waals surface area contributed by atoms with Gasteiger partial charge in [-0.25, -0.2) is 0 Å². The van der Waals surface area contributed by atoms with Crippen LogP contribution in [0.3, 0.4) is 0 Å². The lowest BCUT2D eigenvalue weighted by Gasteiger charge is -2.44. The number of alkyl halides is 3. The molecule has 2 unspecified atom stereocenters. The summed E-state index contributed by atoms with van der Waals surface area (Å²) in [6.45, 7) is 5.04. The van der Waals surface area contributed by atoms with Crippen LogP contribution in [0.5, 0.6) is 0 Å². The van der Waals surface area contributed by atoms with Crippen molar-refractivity contribution in [2.45, 2.75) is 63.9 Å². The molecule has 0 bridgehead atoms. The highest BCUT2D eigenvalue weighted by atomic mass is 19.4. The van der Waals surface area contributed by atoms with E-state index in [1.807, 2.05) is 13.8 Å². The number of hydrogen-bond acceptors (Lipinski definition) is 3. The maximum Gasteiger partial charge on any atom is 0.403 e. The average Bonchev–Trinajstić information content (AvgIpc) is 2.27. The van der Waals surface area contributed by atoms with Crippen molar-refractivity contribution in [2.24, 2.45) is 5.41 Å². The second-order valence-electron chi connectivity index (χ2n) is 6.46. The number of nitrogens with one attached hydrogen (secondary N) is 1. The summed E-state index contributed by atoms with van der Waals surface area (Å²) in [7, 11) is 0. The highest BCUT2D eigenvalue weighted by Crippen LogP contribution is 2.53. The summed E-state index contributed by atoms with van der Waals surface area (Å²) < 4.78 is 39.3. The van der Waals surface area contributed by atoms with Crippen LogP contribution in [0.1, 0.15) is 39.5 Å². The fourth-order valence-corrected chi connectivity index (χ4v) is 3.07. The monoisotopic (exact) mass is 308 g/mol. The van der Waals surface area contributed by atoms with Crippen molar-refractivity contribution in [1.29, 1.82) is 0 Å². The van der Waals surface area contributed by atoms with Gasteiger partial charge in [0.15, 0.2) is 0 Å². The minimum atomic E-state index is -4.51. The first kappa shape index (κ1) is 16.5. The van der Waals surface area contributed by atoms with Crippen LogP contribution in [0.15, 0.2) is 0 Å². The number of nitrogens with zero attached hydrogens (tertiary/aromatic N) is 1. The molecule has 0 aromatic heterocycles. The van der Waals surface area contributed by atoms with Gasteiger partial charge in [-0.05, 0) is 33.1 Å². The van der Waals surface area contributed by atoms with Crippen LogP contribution < -0.4 is 5.32 Å². The van der Waals surface area contributed by atoms with Crippen molar-refractivity contribution < 1.29 is 23.1 Å². The zero-order valence-electron chi connectivity index (χ0n) is 12.4. The third-order valence-electron chi connectivity index (χ3n) is 4.84. The number of β-amino-alcohol motifs (C(OH)–C–C–N with tert-alkyl or cyclic N) is 1. The number of aliphatic hydroxyl groups is 1. The van der Waals surface area contributed by atoms with E-state index in [-0.39, 0.29) is 18.9 Å². The molecule has 0 spiro atoms. The molecule has 0 radical (unpaired) electrons.